The zero-order chi connectivity index (χ0) is 23.6. The first-order chi connectivity index (χ1) is 15.0. The Morgan fingerprint density at radius 1 is 1.12 bits per heavy atom. The number of ether oxygens (including phenoxy) is 1. The molecule has 0 unspecified atom stereocenters. The number of benzene rings is 1. The van der Waals surface area contributed by atoms with Crippen LogP contribution in [0.2, 0.25) is 5.02 Å². The van der Waals surface area contributed by atoms with Gasteiger partial charge in [-0.25, -0.2) is 8.42 Å². The molecule has 0 aromatic heterocycles. The molecule has 178 valence electrons. The molecule has 32 heavy (non-hydrogen) atoms. The van der Waals surface area contributed by atoms with Crippen molar-refractivity contribution >= 4 is 33.4 Å². The fraction of sp³-hybridized carbons (Fsp3) is 0.636. The van der Waals surface area contributed by atoms with Gasteiger partial charge < -0.3 is 15.0 Å². The van der Waals surface area contributed by atoms with E-state index in [-0.39, 0.29) is 64.6 Å². The van der Waals surface area contributed by atoms with E-state index in [1.807, 2.05) is 32.6 Å². The van der Waals surface area contributed by atoms with Gasteiger partial charge in [-0.2, -0.15) is 4.31 Å². The van der Waals surface area contributed by atoms with Crippen molar-refractivity contribution in [3.05, 3.63) is 28.8 Å². The Labute approximate surface area is 195 Å². The number of nitrogens with zero attached hydrogens (tertiary/aromatic N) is 2. The molecule has 2 saturated heterocycles. The Morgan fingerprint density at radius 3 is 2.28 bits per heavy atom. The van der Waals surface area contributed by atoms with Crippen LogP contribution in [-0.4, -0.2) is 73.9 Å². The van der Waals surface area contributed by atoms with E-state index in [1.54, 1.807) is 0 Å². The molecule has 2 atom stereocenters. The molecule has 2 heterocycles. The Balaban J connectivity index is 1.70. The number of nitrogens with one attached hydrogen (secondary N) is 1. The third kappa shape index (κ3) is 5.62. The monoisotopic (exact) mass is 485 g/mol. The minimum Gasteiger partial charge on any atom is -0.373 e. The number of rotatable bonds is 5. The number of hydrogen-bond donors (Lipinski definition) is 1. The zero-order valence-corrected chi connectivity index (χ0v) is 20.6. The number of amides is 2. The Bertz CT molecular complexity index is 950. The predicted molar refractivity (Wildman–Crippen MR) is 122 cm³/mol. The summed E-state index contributed by atoms with van der Waals surface area (Å²) in [5.41, 5.74) is 0.239. The van der Waals surface area contributed by atoms with E-state index in [4.69, 9.17) is 16.3 Å². The molecule has 2 aliphatic rings. The lowest BCUT2D eigenvalue weighted by Crippen LogP contribution is -2.48. The molecular formula is C22H32ClN3O5S. The lowest BCUT2D eigenvalue weighted by molar-refractivity contribution is -0.135. The summed E-state index contributed by atoms with van der Waals surface area (Å²) in [6.07, 6.45) is 0.860. The van der Waals surface area contributed by atoms with Crippen molar-refractivity contribution in [2.75, 3.05) is 26.2 Å². The van der Waals surface area contributed by atoms with Crippen LogP contribution in [0, 0.1) is 5.92 Å². The largest absolute Gasteiger partial charge is 0.373 e. The van der Waals surface area contributed by atoms with Crippen molar-refractivity contribution in [2.24, 2.45) is 5.92 Å². The van der Waals surface area contributed by atoms with Gasteiger partial charge in [0, 0.05) is 43.7 Å². The smallest absolute Gasteiger partial charge is 0.251 e. The van der Waals surface area contributed by atoms with Gasteiger partial charge >= 0.3 is 0 Å². The Morgan fingerprint density at radius 2 is 1.72 bits per heavy atom. The van der Waals surface area contributed by atoms with Gasteiger partial charge in [0.1, 0.15) is 4.90 Å². The van der Waals surface area contributed by atoms with E-state index in [2.05, 4.69) is 5.32 Å². The van der Waals surface area contributed by atoms with Gasteiger partial charge in [-0.1, -0.05) is 25.4 Å². The van der Waals surface area contributed by atoms with Crippen molar-refractivity contribution in [3.8, 4) is 0 Å². The fourth-order valence-corrected chi connectivity index (χ4v) is 6.28. The number of carbonyl (C=O) groups excluding carboxylic acids is 2. The first-order valence-corrected chi connectivity index (χ1v) is 12.9. The maximum absolute atomic E-state index is 13.2. The summed E-state index contributed by atoms with van der Waals surface area (Å²) in [5.74, 6) is -0.280. The first-order valence-electron chi connectivity index (χ1n) is 11.0. The van der Waals surface area contributed by atoms with E-state index in [0.29, 0.717) is 25.9 Å². The minimum atomic E-state index is -3.88. The van der Waals surface area contributed by atoms with Gasteiger partial charge in [0.25, 0.3) is 5.91 Å². The lowest BCUT2D eigenvalue weighted by Gasteiger charge is -2.34. The van der Waals surface area contributed by atoms with Gasteiger partial charge in [0.05, 0.1) is 17.2 Å². The van der Waals surface area contributed by atoms with Crippen LogP contribution in [0.5, 0.6) is 0 Å². The summed E-state index contributed by atoms with van der Waals surface area (Å²) in [7, 11) is -3.88. The summed E-state index contributed by atoms with van der Waals surface area (Å²) in [6.45, 7) is 9.04. The molecule has 0 aliphatic carbocycles. The highest BCUT2D eigenvalue weighted by Crippen LogP contribution is 2.28. The fourth-order valence-electron chi connectivity index (χ4n) is 4.19. The highest BCUT2D eigenvalue weighted by atomic mass is 35.5. The molecule has 2 fully saturated rings. The molecular weight excluding hydrogens is 454 g/mol. The van der Waals surface area contributed by atoms with Gasteiger partial charge in [-0.05, 0) is 44.9 Å². The van der Waals surface area contributed by atoms with Crippen LogP contribution < -0.4 is 5.32 Å². The topological polar surface area (TPSA) is 96.0 Å². The van der Waals surface area contributed by atoms with Crippen molar-refractivity contribution < 1.29 is 22.7 Å². The van der Waals surface area contributed by atoms with Gasteiger partial charge in [-0.3, -0.25) is 9.59 Å². The SMILES string of the molecule is CC(C)C(=O)N1CCC(NC(=O)c2ccc(Cl)c(S(=O)(=O)N3C[C@@H](C)O[C@H](C)C3)c2)CC1. The molecule has 2 amide bonds. The second kappa shape index (κ2) is 10.1. The number of morpholine rings is 1. The Hall–Kier alpha value is -1.68. The third-order valence-electron chi connectivity index (χ3n) is 5.83. The Kier molecular flexibility index (Phi) is 7.85. The highest BCUT2D eigenvalue weighted by molar-refractivity contribution is 7.89. The van der Waals surface area contributed by atoms with Crippen molar-refractivity contribution in [3.63, 3.8) is 0 Å². The van der Waals surface area contributed by atoms with Crippen LogP contribution >= 0.6 is 11.6 Å². The number of sulfonamides is 1. The summed E-state index contributed by atoms with van der Waals surface area (Å²) >= 11 is 6.23. The molecule has 3 rings (SSSR count). The van der Waals surface area contributed by atoms with Gasteiger partial charge in [-0.15, -0.1) is 0 Å². The lowest BCUT2D eigenvalue weighted by atomic mass is 10.0. The zero-order valence-electron chi connectivity index (χ0n) is 19.0. The maximum atomic E-state index is 13.2. The van der Waals surface area contributed by atoms with Crippen LogP contribution in [0.25, 0.3) is 0 Å². The van der Waals surface area contributed by atoms with E-state index in [0.717, 1.165) is 0 Å². The number of hydrogen-bond acceptors (Lipinski definition) is 5. The van der Waals surface area contributed by atoms with Gasteiger partial charge in [0.15, 0.2) is 0 Å². The molecule has 8 nitrogen and oxygen atoms in total. The van der Waals surface area contributed by atoms with Crippen LogP contribution in [0.15, 0.2) is 23.1 Å². The average Bonchev–Trinajstić information content (AvgIpc) is 2.73. The van der Waals surface area contributed by atoms with Crippen LogP contribution in [0.4, 0.5) is 0 Å². The number of halogens is 1. The standard InChI is InChI=1S/C22H32ClN3O5S/c1-14(2)22(28)25-9-7-18(8-10-25)24-21(27)17-5-6-19(23)20(11-17)32(29,30)26-12-15(3)31-16(4)13-26/h5-6,11,14-16,18H,7-10,12-13H2,1-4H3,(H,24,27)/t15-,16-/m1/s1. The number of carbonyl (C=O) groups is 2. The summed E-state index contributed by atoms with van der Waals surface area (Å²) in [5, 5.41) is 3.04. The summed E-state index contributed by atoms with van der Waals surface area (Å²) in [4.78, 5) is 26.7. The molecule has 1 N–H and O–H groups in total. The molecule has 0 radical (unpaired) electrons. The number of piperidine rings is 1. The quantitative estimate of drug-likeness (QED) is 0.691. The predicted octanol–water partition coefficient (Wildman–Crippen LogP) is 2.51. The maximum Gasteiger partial charge on any atom is 0.251 e. The third-order valence-corrected chi connectivity index (χ3v) is 8.15. The second-order valence-corrected chi connectivity index (χ2v) is 11.3. The minimum absolute atomic E-state index is 0.0481. The van der Waals surface area contributed by atoms with E-state index < -0.39 is 10.0 Å². The molecule has 1 aromatic rings. The van der Waals surface area contributed by atoms with Crippen LogP contribution in [0.1, 0.15) is 50.9 Å². The van der Waals surface area contributed by atoms with Crippen molar-refractivity contribution in [1.29, 1.82) is 0 Å². The van der Waals surface area contributed by atoms with Crippen molar-refractivity contribution in [2.45, 2.75) is 63.7 Å². The average molecular weight is 486 g/mol. The molecule has 1 aromatic carbocycles. The van der Waals surface area contributed by atoms with Crippen LogP contribution in [-0.2, 0) is 19.6 Å². The normalized spacial score (nSPS) is 23.4. The first kappa shape index (κ1) is 25.0. The molecule has 0 spiro atoms. The highest BCUT2D eigenvalue weighted by Gasteiger charge is 2.34. The van der Waals surface area contributed by atoms with E-state index in [9.17, 15) is 18.0 Å². The van der Waals surface area contributed by atoms with Crippen molar-refractivity contribution in [1.82, 2.24) is 14.5 Å². The van der Waals surface area contributed by atoms with E-state index in [1.165, 1.54) is 22.5 Å². The number of likely N-dealkylation sites (tertiary alicyclic amines) is 1. The summed E-state index contributed by atoms with van der Waals surface area (Å²) < 4.78 is 33.5. The molecule has 0 saturated carbocycles. The van der Waals surface area contributed by atoms with Gasteiger partial charge in [0.2, 0.25) is 15.9 Å². The molecule has 10 heteroatoms. The molecule has 0 bridgehead atoms. The molecule has 2 aliphatic heterocycles. The second-order valence-electron chi connectivity index (χ2n) is 8.95. The van der Waals surface area contributed by atoms with E-state index >= 15 is 0 Å². The van der Waals surface area contributed by atoms with Crippen LogP contribution in [0.3, 0.4) is 0 Å². The summed E-state index contributed by atoms with van der Waals surface area (Å²) in [6, 6.07) is 4.24.